The smallest absolute Gasteiger partial charge is 0.268 e. The van der Waals surface area contributed by atoms with Crippen molar-refractivity contribution < 1.29 is 13.9 Å². The van der Waals surface area contributed by atoms with Crippen LogP contribution in [0, 0.1) is 5.82 Å². The standard InChI is InChI=1S/C19H18BrFN2O2S/c20-15-11-26-17-8-16(19(24)22-9-14-5-2-6-25-14)23(18(15)17)10-12-3-1-4-13(21)7-12/h1,3-4,7-8,11,14H,2,5-6,9-10H2,(H,22,24). The Labute approximate surface area is 163 Å². The average Bonchev–Trinajstić information content (AvgIpc) is 3.33. The number of nitrogens with zero attached hydrogens (tertiary/aromatic N) is 1. The highest BCUT2D eigenvalue weighted by Crippen LogP contribution is 2.34. The topological polar surface area (TPSA) is 43.3 Å². The largest absolute Gasteiger partial charge is 0.376 e. The summed E-state index contributed by atoms with van der Waals surface area (Å²) in [6.45, 7) is 1.71. The Balaban J connectivity index is 1.64. The summed E-state index contributed by atoms with van der Waals surface area (Å²) in [7, 11) is 0. The van der Waals surface area contributed by atoms with Crippen molar-refractivity contribution in [1.82, 2.24) is 9.88 Å². The number of carbonyl (C=O) groups is 1. The first kappa shape index (κ1) is 17.7. The highest BCUT2D eigenvalue weighted by molar-refractivity contribution is 9.10. The number of fused-ring (bicyclic) bond motifs is 1. The maximum Gasteiger partial charge on any atom is 0.268 e. The number of hydrogen-bond donors (Lipinski definition) is 1. The van der Waals surface area contributed by atoms with Crippen LogP contribution in [0.2, 0.25) is 0 Å². The summed E-state index contributed by atoms with van der Waals surface area (Å²) >= 11 is 5.14. The number of benzene rings is 1. The van der Waals surface area contributed by atoms with Gasteiger partial charge in [0.05, 0.1) is 20.8 Å². The molecule has 1 aromatic carbocycles. The van der Waals surface area contributed by atoms with E-state index < -0.39 is 0 Å². The molecule has 1 aliphatic heterocycles. The Morgan fingerprint density at radius 2 is 2.31 bits per heavy atom. The van der Waals surface area contributed by atoms with E-state index in [0.29, 0.717) is 18.8 Å². The molecule has 7 heteroatoms. The summed E-state index contributed by atoms with van der Waals surface area (Å²) in [5, 5.41) is 4.98. The third-order valence-corrected chi connectivity index (χ3v) is 6.38. The number of carbonyl (C=O) groups excluding carboxylic acids is 1. The SMILES string of the molecule is O=C(NCC1CCCO1)c1cc2scc(Br)c2n1Cc1cccc(F)c1. The molecule has 4 rings (SSSR count). The Hall–Kier alpha value is -1.70. The van der Waals surface area contributed by atoms with Gasteiger partial charge >= 0.3 is 0 Å². The van der Waals surface area contributed by atoms with Crippen molar-refractivity contribution in [2.24, 2.45) is 0 Å². The highest BCUT2D eigenvalue weighted by atomic mass is 79.9. The summed E-state index contributed by atoms with van der Waals surface area (Å²) < 4.78 is 23.0. The number of thiophene rings is 1. The minimum Gasteiger partial charge on any atom is -0.376 e. The molecule has 0 radical (unpaired) electrons. The summed E-state index contributed by atoms with van der Waals surface area (Å²) in [6.07, 6.45) is 2.11. The van der Waals surface area contributed by atoms with E-state index >= 15 is 0 Å². The van der Waals surface area contributed by atoms with Gasteiger partial charge in [-0.1, -0.05) is 12.1 Å². The third kappa shape index (κ3) is 3.56. The first-order chi connectivity index (χ1) is 12.6. The van der Waals surface area contributed by atoms with Crippen LogP contribution in [-0.4, -0.2) is 29.7 Å². The maximum atomic E-state index is 13.6. The predicted octanol–water partition coefficient (Wildman–Crippen LogP) is 4.56. The van der Waals surface area contributed by atoms with E-state index in [1.807, 2.05) is 22.1 Å². The van der Waals surface area contributed by atoms with Crippen LogP contribution in [0.4, 0.5) is 4.39 Å². The van der Waals surface area contributed by atoms with Crippen LogP contribution in [0.3, 0.4) is 0 Å². The number of nitrogens with one attached hydrogen (secondary N) is 1. The fraction of sp³-hybridized carbons (Fsp3) is 0.316. The molecule has 1 N–H and O–H groups in total. The van der Waals surface area contributed by atoms with Crippen LogP contribution in [-0.2, 0) is 11.3 Å². The van der Waals surface area contributed by atoms with Gasteiger partial charge < -0.3 is 14.6 Å². The van der Waals surface area contributed by atoms with Gasteiger partial charge in [-0.3, -0.25) is 4.79 Å². The van der Waals surface area contributed by atoms with Gasteiger partial charge in [0.15, 0.2) is 0 Å². The van der Waals surface area contributed by atoms with Crippen LogP contribution in [0.1, 0.15) is 28.9 Å². The summed E-state index contributed by atoms with van der Waals surface area (Å²) in [6, 6.07) is 8.37. The number of rotatable bonds is 5. The van der Waals surface area contributed by atoms with Gasteiger partial charge in [0.1, 0.15) is 11.5 Å². The van der Waals surface area contributed by atoms with Crippen molar-refractivity contribution >= 4 is 43.4 Å². The molecular formula is C19H18BrFN2O2S. The van der Waals surface area contributed by atoms with Gasteiger partial charge in [-0.2, -0.15) is 0 Å². The second-order valence-electron chi connectivity index (χ2n) is 6.39. The van der Waals surface area contributed by atoms with Crippen molar-refractivity contribution in [3.05, 3.63) is 57.3 Å². The van der Waals surface area contributed by atoms with E-state index in [1.165, 1.54) is 12.1 Å². The molecule has 1 amide bonds. The zero-order valence-corrected chi connectivity index (χ0v) is 16.4. The second kappa shape index (κ2) is 7.50. The number of ether oxygens (including phenoxy) is 1. The van der Waals surface area contributed by atoms with Gasteiger partial charge in [-0.15, -0.1) is 11.3 Å². The lowest BCUT2D eigenvalue weighted by molar-refractivity contribution is 0.0851. The quantitative estimate of drug-likeness (QED) is 0.636. The lowest BCUT2D eigenvalue weighted by Crippen LogP contribution is -2.33. The highest BCUT2D eigenvalue weighted by Gasteiger charge is 2.21. The van der Waals surface area contributed by atoms with Crippen molar-refractivity contribution in [1.29, 1.82) is 0 Å². The molecule has 4 nitrogen and oxygen atoms in total. The number of halogens is 2. The van der Waals surface area contributed by atoms with E-state index in [9.17, 15) is 9.18 Å². The molecule has 0 aliphatic carbocycles. The monoisotopic (exact) mass is 436 g/mol. The summed E-state index contributed by atoms with van der Waals surface area (Å²) in [5.41, 5.74) is 2.35. The fourth-order valence-electron chi connectivity index (χ4n) is 3.30. The third-order valence-electron chi connectivity index (χ3n) is 4.55. The minimum absolute atomic E-state index is 0.0958. The lowest BCUT2D eigenvalue weighted by atomic mass is 10.2. The van der Waals surface area contributed by atoms with Gasteiger partial charge in [0.2, 0.25) is 0 Å². The Bertz CT molecular complexity index is 946. The zero-order valence-electron chi connectivity index (χ0n) is 14.0. The molecule has 26 heavy (non-hydrogen) atoms. The molecule has 0 saturated carbocycles. The van der Waals surface area contributed by atoms with Crippen molar-refractivity contribution in [2.45, 2.75) is 25.5 Å². The van der Waals surface area contributed by atoms with Crippen LogP contribution < -0.4 is 5.32 Å². The fourth-order valence-corrected chi connectivity index (χ4v) is 5.00. The van der Waals surface area contributed by atoms with Crippen molar-refractivity contribution in [2.75, 3.05) is 13.2 Å². The van der Waals surface area contributed by atoms with Gasteiger partial charge in [-0.05, 0) is 52.5 Å². The molecule has 3 aromatic rings. The normalized spacial score (nSPS) is 17.1. The van der Waals surface area contributed by atoms with Gasteiger partial charge in [0, 0.05) is 25.1 Å². The number of hydrogen-bond acceptors (Lipinski definition) is 3. The number of amides is 1. The van der Waals surface area contributed by atoms with Crippen LogP contribution in [0.25, 0.3) is 10.2 Å². The average molecular weight is 437 g/mol. The summed E-state index contributed by atoms with van der Waals surface area (Å²) in [5.74, 6) is -0.410. The van der Waals surface area contributed by atoms with Gasteiger partial charge in [0.25, 0.3) is 5.91 Å². The van der Waals surface area contributed by atoms with Crippen LogP contribution >= 0.6 is 27.3 Å². The molecule has 0 spiro atoms. The van der Waals surface area contributed by atoms with Crippen LogP contribution in [0.5, 0.6) is 0 Å². The second-order valence-corrected chi connectivity index (χ2v) is 8.15. The molecule has 2 aromatic heterocycles. The molecule has 1 atom stereocenters. The van der Waals surface area contributed by atoms with E-state index in [-0.39, 0.29) is 17.8 Å². The Kier molecular flexibility index (Phi) is 5.11. The molecule has 1 fully saturated rings. The number of aromatic nitrogens is 1. The van der Waals surface area contributed by atoms with E-state index in [1.54, 1.807) is 17.4 Å². The van der Waals surface area contributed by atoms with Crippen molar-refractivity contribution in [3.63, 3.8) is 0 Å². The van der Waals surface area contributed by atoms with E-state index in [0.717, 1.165) is 39.7 Å². The molecule has 3 heterocycles. The Morgan fingerprint density at radius 3 is 3.08 bits per heavy atom. The first-order valence-corrected chi connectivity index (χ1v) is 10.2. The molecular weight excluding hydrogens is 419 g/mol. The first-order valence-electron chi connectivity index (χ1n) is 8.52. The predicted molar refractivity (Wildman–Crippen MR) is 104 cm³/mol. The summed E-state index contributed by atoms with van der Waals surface area (Å²) in [4.78, 5) is 12.8. The zero-order chi connectivity index (χ0) is 18.1. The van der Waals surface area contributed by atoms with Crippen molar-refractivity contribution in [3.8, 4) is 0 Å². The van der Waals surface area contributed by atoms with E-state index in [2.05, 4.69) is 21.2 Å². The maximum absolute atomic E-state index is 13.6. The molecule has 136 valence electrons. The molecule has 1 saturated heterocycles. The Morgan fingerprint density at radius 1 is 1.42 bits per heavy atom. The van der Waals surface area contributed by atoms with E-state index in [4.69, 9.17) is 4.74 Å². The van der Waals surface area contributed by atoms with Gasteiger partial charge in [-0.25, -0.2) is 4.39 Å². The minimum atomic E-state index is -0.278. The molecule has 0 bridgehead atoms. The van der Waals surface area contributed by atoms with Crippen LogP contribution in [0.15, 0.2) is 40.2 Å². The molecule has 1 aliphatic rings. The lowest BCUT2D eigenvalue weighted by Gasteiger charge is -2.14. The molecule has 1 unspecified atom stereocenters.